The summed E-state index contributed by atoms with van der Waals surface area (Å²) in [7, 11) is 1.45. The number of ether oxygens (including phenoxy) is 1. The highest BCUT2D eigenvalue weighted by molar-refractivity contribution is 5.94. The second kappa shape index (κ2) is 9.43. The van der Waals surface area contributed by atoms with Crippen LogP contribution in [0.4, 0.5) is 5.82 Å². The quantitative estimate of drug-likeness (QED) is 0.272. The van der Waals surface area contributed by atoms with Crippen LogP contribution < -0.4 is 20.8 Å². The topological polar surface area (TPSA) is 171 Å². The number of piperidine rings is 1. The summed E-state index contributed by atoms with van der Waals surface area (Å²) < 4.78 is 11.1. The summed E-state index contributed by atoms with van der Waals surface area (Å²) in [5.41, 5.74) is 9.25. The second-order valence-corrected chi connectivity index (χ2v) is 7.35. The molecule has 168 valence electrons. The van der Waals surface area contributed by atoms with Gasteiger partial charge in [-0.15, -0.1) is 5.10 Å². The summed E-state index contributed by atoms with van der Waals surface area (Å²) in [6.07, 6.45) is 4.73. The lowest BCUT2D eigenvalue weighted by molar-refractivity contribution is -0.918. The number of nitrogen functional groups attached to an aromatic ring is 1. The van der Waals surface area contributed by atoms with Gasteiger partial charge in [-0.25, -0.2) is 10.1 Å². The number of carbonyl (C=O) groups excluding carboxylic acids is 1. The van der Waals surface area contributed by atoms with Gasteiger partial charge in [0.1, 0.15) is 12.2 Å². The zero-order valence-electron chi connectivity index (χ0n) is 17.5. The van der Waals surface area contributed by atoms with Gasteiger partial charge in [-0.05, 0) is 41.7 Å². The summed E-state index contributed by atoms with van der Waals surface area (Å²) in [5.74, 6) is -0.122. The molecule has 0 unspecified atom stereocenters. The number of phenolic OH excluding ortho intramolecular Hbond substituents is 1. The van der Waals surface area contributed by atoms with Crippen molar-refractivity contribution in [1.29, 1.82) is 0 Å². The van der Waals surface area contributed by atoms with Crippen molar-refractivity contribution in [2.45, 2.75) is 25.8 Å². The highest BCUT2D eigenvalue weighted by atomic mass is 16.6. The molecule has 3 heterocycles. The van der Waals surface area contributed by atoms with Gasteiger partial charge < -0.3 is 20.5 Å². The summed E-state index contributed by atoms with van der Waals surface area (Å²) in [4.78, 5) is 14.1. The van der Waals surface area contributed by atoms with Gasteiger partial charge in [0.05, 0.1) is 26.4 Å². The van der Waals surface area contributed by atoms with Gasteiger partial charge in [0.2, 0.25) is 11.6 Å². The molecule has 3 aromatic rings. The Balaban J connectivity index is 1.57. The van der Waals surface area contributed by atoms with Crippen LogP contribution >= 0.6 is 0 Å². The van der Waals surface area contributed by atoms with E-state index in [4.69, 9.17) is 10.5 Å². The average Bonchev–Trinajstić information content (AvgIpc) is 3.41. The molecule has 1 fully saturated rings. The summed E-state index contributed by atoms with van der Waals surface area (Å²) in [6.45, 7) is 2.46. The first-order chi connectivity index (χ1) is 15.6. The van der Waals surface area contributed by atoms with Crippen LogP contribution in [0, 0.1) is 0 Å². The number of rotatable bonds is 7. The number of para-hydroxylation sites is 1. The first kappa shape index (κ1) is 21.2. The number of phenols is 1. The number of amides is 1. The number of quaternary nitrogens is 1. The molecule has 1 amide bonds. The molecule has 4 rings (SSSR count). The number of likely N-dealkylation sites (tertiary alicyclic amines) is 1. The van der Waals surface area contributed by atoms with E-state index in [0.29, 0.717) is 23.6 Å². The molecular weight excluding hydrogens is 418 g/mol. The Bertz CT molecular complexity index is 1120. The Hall–Kier alpha value is -4.00. The Morgan fingerprint density at radius 3 is 2.91 bits per heavy atom. The molecule has 13 nitrogen and oxygen atoms in total. The number of nitrogens with two attached hydrogens (primary N) is 1. The third kappa shape index (κ3) is 4.37. The minimum atomic E-state index is -0.559. The van der Waals surface area contributed by atoms with E-state index >= 15 is 0 Å². The number of carbonyl (C=O) groups is 1. The average molecular weight is 442 g/mol. The molecule has 1 aromatic carbocycles. The van der Waals surface area contributed by atoms with Gasteiger partial charge in [-0.2, -0.15) is 9.78 Å². The Labute approximate surface area is 182 Å². The van der Waals surface area contributed by atoms with Crippen LogP contribution in [0.15, 0.2) is 27.9 Å². The molecule has 0 bridgehead atoms. The maximum absolute atomic E-state index is 12.8. The smallest absolute Gasteiger partial charge is 0.294 e. The number of hydrogen-bond acceptors (Lipinski definition) is 10. The Kier molecular flexibility index (Phi) is 6.26. The minimum Gasteiger partial charge on any atom is -0.504 e. The molecule has 0 atom stereocenters. The lowest BCUT2D eigenvalue weighted by Gasteiger charge is -2.23. The van der Waals surface area contributed by atoms with Crippen LogP contribution in [-0.4, -0.2) is 62.7 Å². The van der Waals surface area contributed by atoms with Gasteiger partial charge in [-0.3, -0.25) is 4.79 Å². The van der Waals surface area contributed by atoms with Crippen molar-refractivity contribution in [1.82, 2.24) is 30.7 Å². The molecule has 1 aliphatic rings. The fraction of sp³-hybridized carbons (Fsp3) is 0.368. The Morgan fingerprint density at radius 1 is 1.38 bits per heavy atom. The van der Waals surface area contributed by atoms with E-state index in [1.54, 1.807) is 18.2 Å². The zero-order valence-corrected chi connectivity index (χ0v) is 17.5. The predicted molar refractivity (Wildman–Crippen MR) is 112 cm³/mol. The predicted octanol–water partition coefficient (Wildman–Crippen LogP) is -0.721. The first-order valence-corrected chi connectivity index (χ1v) is 10.1. The number of nitrogens with zero attached hydrogens (tertiary/aromatic N) is 6. The molecule has 2 aromatic heterocycles. The van der Waals surface area contributed by atoms with Crippen LogP contribution in [0.25, 0.3) is 5.82 Å². The molecule has 0 aliphatic carbocycles. The van der Waals surface area contributed by atoms with Crippen molar-refractivity contribution >= 4 is 17.9 Å². The molecule has 1 aliphatic heterocycles. The molecule has 13 heteroatoms. The van der Waals surface area contributed by atoms with Gasteiger partial charge in [0, 0.05) is 5.56 Å². The number of aromatic hydroxyl groups is 1. The van der Waals surface area contributed by atoms with E-state index in [-0.39, 0.29) is 23.1 Å². The number of methoxy groups -OCH3 is 1. The van der Waals surface area contributed by atoms with Gasteiger partial charge in [-0.1, -0.05) is 11.3 Å². The molecule has 0 radical (unpaired) electrons. The van der Waals surface area contributed by atoms with Crippen molar-refractivity contribution in [3.8, 4) is 17.3 Å². The Morgan fingerprint density at radius 2 is 2.19 bits per heavy atom. The molecule has 32 heavy (non-hydrogen) atoms. The van der Waals surface area contributed by atoms with Crippen LogP contribution in [0.2, 0.25) is 0 Å². The lowest BCUT2D eigenvalue weighted by atomic mass is 10.1. The molecular formula is C19H24N9O4+. The van der Waals surface area contributed by atoms with Crippen LogP contribution in [0.1, 0.15) is 41.0 Å². The van der Waals surface area contributed by atoms with E-state index in [9.17, 15) is 9.90 Å². The molecule has 0 spiro atoms. The summed E-state index contributed by atoms with van der Waals surface area (Å²) in [5, 5.41) is 29.5. The standard InChI is InChI=1S/C19H23N9O4/c1-31-14-7-5-6-12(16(14)29)10-21-23-19(30)15-13(11-27-8-3-2-4-9-27)28(26-22-15)18-17(20)24-32-25-18/h5-7,10,29H,2-4,8-9,11H2,1H3,(H2,20,24)(H,23,30)/p+1/b21-10+. The maximum Gasteiger partial charge on any atom is 0.294 e. The van der Waals surface area contributed by atoms with Crippen molar-refractivity contribution in [3.05, 3.63) is 35.2 Å². The number of anilines is 1. The SMILES string of the molecule is COc1cccc(/C=N/NC(=O)c2nnn(-c3nonc3N)c2C[NH+]2CCCCC2)c1O. The number of hydrogen-bond donors (Lipinski definition) is 4. The lowest BCUT2D eigenvalue weighted by Crippen LogP contribution is -3.11. The van der Waals surface area contributed by atoms with Crippen LogP contribution in [0.3, 0.4) is 0 Å². The monoisotopic (exact) mass is 442 g/mol. The largest absolute Gasteiger partial charge is 0.504 e. The van der Waals surface area contributed by atoms with E-state index in [2.05, 4.69) is 35.8 Å². The first-order valence-electron chi connectivity index (χ1n) is 10.1. The fourth-order valence-corrected chi connectivity index (χ4v) is 3.63. The number of benzene rings is 1. The maximum atomic E-state index is 12.8. The summed E-state index contributed by atoms with van der Waals surface area (Å²) >= 11 is 0. The van der Waals surface area contributed by atoms with Gasteiger partial charge in [0.25, 0.3) is 5.91 Å². The van der Waals surface area contributed by atoms with Crippen LogP contribution in [-0.2, 0) is 6.54 Å². The molecule has 0 saturated carbocycles. The van der Waals surface area contributed by atoms with Gasteiger partial charge >= 0.3 is 0 Å². The third-order valence-corrected chi connectivity index (χ3v) is 5.27. The van der Waals surface area contributed by atoms with E-state index in [0.717, 1.165) is 25.9 Å². The van der Waals surface area contributed by atoms with E-state index in [1.165, 1.54) is 29.3 Å². The van der Waals surface area contributed by atoms with Crippen molar-refractivity contribution in [2.24, 2.45) is 5.10 Å². The van der Waals surface area contributed by atoms with Gasteiger partial charge in [0.15, 0.2) is 17.2 Å². The van der Waals surface area contributed by atoms with Crippen molar-refractivity contribution in [2.75, 3.05) is 25.9 Å². The van der Waals surface area contributed by atoms with E-state index in [1.807, 2.05) is 0 Å². The molecule has 5 N–H and O–H groups in total. The van der Waals surface area contributed by atoms with E-state index < -0.39 is 5.91 Å². The highest BCUT2D eigenvalue weighted by Crippen LogP contribution is 2.27. The molecule has 1 saturated heterocycles. The number of aromatic nitrogens is 5. The number of nitrogens with one attached hydrogen (secondary N) is 2. The third-order valence-electron chi connectivity index (χ3n) is 5.27. The summed E-state index contributed by atoms with van der Waals surface area (Å²) in [6, 6.07) is 4.95. The van der Waals surface area contributed by atoms with Crippen LogP contribution in [0.5, 0.6) is 11.5 Å². The normalized spacial score (nSPS) is 14.7. The minimum absolute atomic E-state index is 0.0447. The fourth-order valence-electron chi connectivity index (χ4n) is 3.63. The number of hydrazone groups is 1. The second-order valence-electron chi connectivity index (χ2n) is 7.35. The zero-order chi connectivity index (χ0) is 22.5. The van der Waals surface area contributed by atoms with Crippen molar-refractivity contribution in [3.63, 3.8) is 0 Å². The highest BCUT2D eigenvalue weighted by Gasteiger charge is 2.27. The van der Waals surface area contributed by atoms with Crippen molar-refractivity contribution < 1.29 is 24.2 Å².